The van der Waals surface area contributed by atoms with E-state index in [0.717, 1.165) is 29.7 Å². The smallest absolute Gasteiger partial charge is 0.264 e. The number of hydrogen-bond donors (Lipinski definition) is 2. The van der Waals surface area contributed by atoms with E-state index in [4.69, 9.17) is 4.74 Å². The highest BCUT2D eigenvalue weighted by Crippen LogP contribution is 2.47. The highest BCUT2D eigenvalue weighted by molar-refractivity contribution is 6.07. The maximum Gasteiger partial charge on any atom is 0.264 e. The lowest BCUT2D eigenvalue weighted by Gasteiger charge is -2.29. The summed E-state index contributed by atoms with van der Waals surface area (Å²) in [4.78, 5) is 44.7. The van der Waals surface area contributed by atoms with Crippen LogP contribution >= 0.6 is 0 Å². The molecule has 0 aliphatic carbocycles. The molecule has 2 aliphatic rings. The zero-order valence-electron chi connectivity index (χ0n) is 25.9. The lowest BCUT2D eigenvalue weighted by molar-refractivity contribution is -0.139. The van der Waals surface area contributed by atoms with Gasteiger partial charge in [-0.2, -0.15) is 0 Å². The van der Waals surface area contributed by atoms with E-state index in [1.165, 1.54) is 7.11 Å². The van der Waals surface area contributed by atoms with E-state index in [-0.39, 0.29) is 37.9 Å². The van der Waals surface area contributed by atoms with Gasteiger partial charge in [-0.3, -0.25) is 14.4 Å². The van der Waals surface area contributed by atoms with E-state index in [9.17, 15) is 24.6 Å². The molecule has 0 radical (unpaired) electrons. The fraction of sp³-hybridized carbons (Fsp3) is 0.361. The number of fused-ring (bicyclic) bond motifs is 1. The highest BCUT2D eigenvalue weighted by Gasteiger charge is 2.52. The molecule has 0 saturated carbocycles. The molecule has 2 N–H and O–H groups in total. The predicted octanol–water partition coefficient (Wildman–Crippen LogP) is 4.55. The van der Waals surface area contributed by atoms with Gasteiger partial charge < -0.3 is 29.6 Å². The number of carbonyl (C=O) groups excluding carboxylic acids is 3. The van der Waals surface area contributed by atoms with Gasteiger partial charge in [0.25, 0.3) is 5.91 Å². The molecule has 2 aliphatic heterocycles. The lowest BCUT2D eigenvalue weighted by atomic mass is 9.83. The summed E-state index contributed by atoms with van der Waals surface area (Å²) >= 11 is 0. The summed E-state index contributed by atoms with van der Waals surface area (Å²) in [7, 11) is 1.53. The summed E-state index contributed by atoms with van der Waals surface area (Å²) in [5.41, 5.74) is 1.72. The molecule has 5 rings (SSSR count). The number of nitrogens with zero attached hydrogens (tertiary/aromatic N) is 3. The van der Waals surface area contributed by atoms with Gasteiger partial charge in [-0.15, -0.1) is 0 Å². The fourth-order valence-corrected chi connectivity index (χ4v) is 6.15. The third-order valence-electron chi connectivity index (χ3n) is 8.68. The molecule has 45 heavy (non-hydrogen) atoms. The minimum Gasteiger partial charge on any atom is -0.497 e. The van der Waals surface area contributed by atoms with E-state index >= 15 is 0 Å². The summed E-state index contributed by atoms with van der Waals surface area (Å²) in [5, 5.41) is 21.6. The largest absolute Gasteiger partial charge is 0.497 e. The van der Waals surface area contributed by atoms with Gasteiger partial charge in [0.05, 0.1) is 25.9 Å². The molecule has 3 aromatic rings. The Morgan fingerprint density at radius 3 is 2.56 bits per heavy atom. The zero-order chi connectivity index (χ0) is 32.0. The minimum atomic E-state index is -1.89. The summed E-state index contributed by atoms with van der Waals surface area (Å²) < 4.78 is 5.44. The van der Waals surface area contributed by atoms with Crippen LogP contribution in [0.2, 0.25) is 0 Å². The Labute approximate surface area is 264 Å². The average Bonchev–Trinajstić information content (AvgIpc) is 3.27. The summed E-state index contributed by atoms with van der Waals surface area (Å²) in [6.45, 7) is 3.06. The summed E-state index contributed by atoms with van der Waals surface area (Å²) in [6.07, 6.45) is 5.80. The normalized spacial score (nSPS) is 18.8. The predicted molar refractivity (Wildman–Crippen MR) is 173 cm³/mol. The molecule has 0 spiro atoms. The molecular formula is C36H41N3O6. The average molecular weight is 612 g/mol. The minimum absolute atomic E-state index is 0.0537. The van der Waals surface area contributed by atoms with Gasteiger partial charge in [-0.05, 0) is 54.3 Å². The van der Waals surface area contributed by atoms with Crippen LogP contribution in [0.4, 0.5) is 11.4 Å². The second-order valence-electron chi connectivity index (χ2n) is 11.7. The Morgan fingerprint density at radius 1 is 1.04 bits per heavy atom. The van der Waals surface area contributed by atoms with Crippen molar-refractivity contribution in [1.82, 2.24) is 4.90 Å². The zero-order valence-corrected chi connectivity index (χ0v) is 25.9. The fourth-order valence-electron chi connectivity index (χ4n) is 6.15. The molecule has 9 nitrogen and oxygen atoms in total. The number of aliphatic hydroxyl groups is 2. The number of benzene rings is 3. The highest BCUT2D eigenvalue weighted by atomic mass is 16.5. The monoisotopic (exact) mass is 611 g/mol. The second-order valence-corrected chi connectivity index (χ2v) is 11.7. The Kier molecular flexibility index (Phi) is 10.0. The van der Waals surface area contributed by atoms with Gasteiger partial charge in [0.15, 0.2) is 5.60 Å². The van der Waals surface area contributed by atoms with Crippen LogP contribution < -0.4 is 14.5 Å². The van der Waals surface area contributed by atoms with Crippen LogP contribution in [0.3, 0.4) is 0 Å². The Hall–Kier alpha value is -4.47. The first-order chi connectivity index (χ1) is 21.8. The van der Waals surface area contributed by atoms with E-state index in [0.29, 0.717) is 36.5 Å². The SMILES string of the molecule is COc1ccc2c(c1)[C@@](O)([C@H](C)/C=C/CC(=O)N(CCO)Cc1ccccc1)C(=O)N2Cc1cccc(N2CCCCC2=O)c1. The van der Waals surface area contributed by atoms with Crippen LogP contribution in [-0.2, 0) is 33.1 Å². The number of amides is 3. The molecule has 3 amide bonds. The van der Waals surface area contributed by atoms with E-state index < -0.39 is 17.4 Å². The van der Waals surface area contributed by atoms with Gasteiger partial charge in [0.1, 0.15) is 5.75 Å². The molecule has 9 heteroatoms. The van der Waals surface area contributed by atoms with Gasteiger partial charge in [0, 0.05) is 49.6 Å². The number of piperidine rings is 1. The third-order valence-corrected chi connectivity index (χ3v) is 8.68. The number of rotatable bonds is 12. The van der Waals surface area contributed by atoms with Gasteiger partial charge >= 0.3 is 0 Å². The van der Waals surface area contributed by atoms with Crippen LogP contribution in [0.15, 0.2) is 84.9 Å². The lowest BCUT2D eigenvalue weighted by Crippen LogP contribution is -2.44. The van der Waals surface area contributed by atoms with E-state index in [1.807, 2.05) is 54.6 Å². The topological polar surface area (TPSA) is 111 Å². The van der Waals surface area contributed by atoms with Crippen LogP contribution in [0.25, 0.3) is 0 Å². The van der Waals surface area contributed by atoms with E-state index in [2.05, 4.69) is 0 Å². The summed E-state index contributed by atoms with van der Waals surface area (Å²) in [5.74, 6) is -0.705. The van der Waals surface area contributed by atoms with Crippen molar-refractivity contribution >= 4 is 29.1 Å². The first-order valence-electron chi connectivity index (χ1n) is 15.5. The Morgan fingerprint density at radius 2 is 1.82 bits per heavy atom. The van der Waals surface area contributed by atoms with Crippen molar-refractivity contribution in [3.05, 3.63) is 102 Å². The molecule has 3 aromatic carbocycles. The molecule has 0 aromatic heterocycles. The van der Waals surface area contributed by atoms with Crippen molar-refractivity contribution in [1.29, 1.82) is 0 Å². The van der Waals surface area contributed by atoms with Gasteiger partial charge in [-0.25, -0.2) is 0 Å². The summed E-state index contributed by atoms with van der Waals surface area (Å²) in [6, 6.07) is 22.4. The number of carbonyl (C=O) groups is 3. The Bertz CT molecular complexity index is 1560. The van der Waals surface area contributed by atoms with Gasteiger partial charge in [0.2, 0.25) is 11.8 Å². The first-order valence-corrected chi connectivity index (χ1v) is 15.5. The van der Waals surface area contributed by atoms with Crippen molar-refractivity contribution < 1.29 is 29.3 Å². The van der Waals surface area contributed by atoms with Crippen molar-refractivity contribution in [2.45, 2.75) is 51.3 Å². The molecule has 0 bridgehead atoms. The molecule has 1 saturated heterocycles. The first kappa shape index (κ1) is 31.9. The standard InChI is InChI=1S/C36H41N3O6/c1-26(10-8-16-33(41)37(20-21-40)24-27-11-4-3-5-12-27)36(44)31-23-30(45-2)17-18-32(31)39(35(36)43)25-28-13-9-14-29(22-28)38-19-7-6-15-34(38)42/h3-5,8-14,17-18,22-23,26,40,44H,6-7,15-16,19-21,24-25H2,1-2H3/b10-8+/t26-,36+/m1/s1. The molecule has 1 fully saturated rings. The number of hydrogen-bond acceptors (Lipinski definition) is 6. The second kappa shape index (κ2) is 14.1. The quantitative estimate of drug-likeness (QED) is 0.291. The van der Waals surface area contributed by atoms with Crippen LogP contribution in [0.1, 0.15) is 49.3 Å². The number of ether oxygens (including phenoxy) is 1. The third kappa shape index (κ3) is 6.79. The Balaban J connectivity index is 1.36. The number of anilines is 2. The molecule has 0 unspecified atom stereocenters. The molecular weight excluding hydrogens is 570 g/mol. The van der Waals surface area contributed by atoms with Gasteiger partial charge in [-0.1, -0.05) is 61.5 Å². The van der Waals surface area contributed by atoms with Crippen molar-refractivity contribution in [3.8, 4) is 5.75 Å². The van der Waals surface area contributed by atoms with Crippen molar-refractivity contribution in [3.63, 3.8) is 0 Å². The van der Waals surface area contributed by atoms with Crippen LogP contribution in [0.5, 0.6) is 5.75 Å². The maximum absolute atomic E-state index is 14.1. The van der Waals surface area contributed by atoms with E-state index in [1.54, 1.807) is 52.0 Å². The molecule has 236 valence electrons. The maximum atomic E-state index is 14.1. The molecule has 2 heterocycles. The molecule has 2 atom stereocenters. The van der Waals surface area contributed by atoms with Crippen molar-refractivity contribution in [2.24, 2.45) is 5.92 Å². The number of methoxy groups -OCH3 is 1. The van der Waals surface area contributed by atoms with Crippen LogP contribution in [0, 0.1) is 5.92 Å². The van der Waals surface area contributed by atoms with Crippen molar-refractivity contribution in [2.75, 3.05) is 36.6 Å². The van der Waals surface area contributed by atoms with Crippen LogP contribution in [-0.4, -0.2) is 59.6 Å². The number of aliphatic hydroxyl groups excluding tert-OH is 1.